The predicted molar refractivity (Wildman–Crippen MR) is 130 cm³/mol. The number of aromatic nitrogens is 4. The van der Waals surface area contributed by atoms with Gasteiger partial charge in [0.1, 0.15) is 11.2 Å². The van der Waals surface area contributed by atoms with E-state index in [1.54, 1.807) is 6.08 Å². The van der Waals surface area contributed by atoms with Gasteiger partial charge < -0.3 is 10.3 Å². The topological polar surface area (TPSA) is 69.4 Å². The molecule has 3 aromatic heterocycles. The first-order chi connectivity index (χ1) is 15.0. The van der Waals surface area contributed by atoms with Crippen molar-refractivity contribution < 1.29 is 0 Å². The molecule has 0 atom stereocenters. The van der Waals surface area contributed by atoms with Crippen molar-refractivity contribution in [2.24, 2.45) is 5.92 Å². The van der Waals surface area contributed by atoms with Crippen LogP contribution in [0, 0.1) is 5.92 Å². The van der Waals surface area contributed by atoms with Crippen LogP contribution in [0.4, 0.5) is 0 Å². The average molecular weight is 410 g/mol. The standard InChI is InChI=1S/C26H27N5/c1-6-18(14-20(7-2)27-17(5)16(3)4)22-12-13-23-25(29-22)26(31-30-23)24-15-19-10-8-9-11-21(19)28-24/h6-16,27-28H,2,5H2,1,3-4H3,(H,30,31)/b18-6+,20-14+. The minimum Gasteiger partial charge on any atom is -0.359 e. The van der Waals surface area contributed by atoms with Gasteiger partial charge in [0.15, 0.2) is 0 Å². The van der Waals surface area contributed by atoms with Crippen molar-refractivity contribution in [2.75, 3.05) is 0 Å². The summed E-state index contributed by atoms with van der Waals surface area (Å²) in [5.74, 6) is 0.330. The summed E-state index contributed by atoms with van der Waals surface area (Å²) in [4.78, 5) is 8.39. The van der Waals surface area contributed by atoms with E-state index < -0.39 is 0 Å². The number of rotatable bonds is 7. The Kier molecular flexibility index (Phi) is 5.58. The Morgan fingerprint density at radius 2 is 1.94 bits per heavy atom. The highest BCUT2D eigenvalue weighted by Gasteiger charge is 2.14. The number of para-hydroxylation sites is 1. The lowest BCUT2D eigenvalue weighted by Crippen LogP contribution is -2.14. The van der Waals surface area contributed by atoms with E-state index in [0.29, 0.717) is 5.92 Å². The molecule has 0 amide bonds. The maximum absolute atomic E-state index is 4.94. The van der Waals surface area contributed by atoms with Crippen LogP contribution in [-0.2, 0) is 0 Å². The predicted octanol–water partition coefficient (Wildman–Crippen LogP) is 6.34. The van der Waals surface area contributed by atoms with Gasteiger partial charge in [0.25, 0.3) is 0 Å². The van der Waals surface area contributed by atoms with Crippen LogP contribution < -0.4 is 5.32 Å². The summed E-state index contributed by atoms with van der Waals surface area (Å²) < 4.78 is 0. The molecule has 0 fully saturated rings. The Morgan fingerprint density at radius 3 is 2.65 bits per heavy atom. The molecule has 4 rings (SSSR count). The van der Waals surface area contributed by atoms with Crippen molar-refractivity contribution in [3.05, 3.63) is 90.9 Å². The molecular weight excluding hydrogens is 382 g/mol. The number of hydrogen-bond acceptors (Lipinski definition) is 3. The van der Waals surface area contributed by atoms with Gasteiger partial charge in [-0.3, -0.25) is 5.10 Å². The maximum Gasteiger partial charge on any atom is 0.135 e. The number of allylic oxidation sites excluding steroid dienone is 5. The average Bonchev–Trinajstić information content (AvgIpc) is 3.39. The van der Waals surface area contributed by atoms with Crippen LogP contribution in [0.15, 0.2) is 85.2 Å². The lowest BCUT2D eigenvalue weighted by atomic mass is 10.1. The van der Waals surface area contributed by atoms with Crippen LogP contribution in [0.3, 0.4) is 0 Å². The normalized spacial score (nSPS) is 12.6. The SMILES string of the molecule is C=C/C(=C\C(=C/C)c1ccc2[nH]nc(-c3cc4ccccc4[nH]3)c2n1)NC(=C)C(C)C. The number of H-pyrrole nitrogens is 2. The molecule has 3 N–H and O–H groups in total. The number of nitrogens with one attached hydrogen (secondary N) is 3. The highest BCUT2D eigenvalue weighted by Crippen LogP contribution is 2.29. The molecule has 1 aromatic carbocycles. The van der Waals surface area contributed by atoms with Gasteiger partial charge in [0.2, 0.25) is 0 Å². The number of hydrogen-bond donors (Lipinski definition) is 3. The van der Waals surface area contributed by atoms with E-state index in [4.69, 9.17) is 4.98 Å². The van der Waals surface area contributed by atoms with Crippen molar-refractivity contribution >= 4 is 27.5 Å². The minimum absolute atomic E-state index is 0.330. The van der Waals surface area contributed by atoms with E-state index in [2.05, 4.69) is 65.7 Å². The van der Waals surface area contributed by atoms with Crippen LogP contribution in [0.25, 0.3) is 38.9 Å². The lowest BCUT2D eigenvalue weighted by molar-refractivity contribution is 0.710. The Hall–Kier alpha value is -3.86. The molecule has 5 heteroatoms. The molecule has 31 heavy (non-hydrogen) atoms. The summed E-state index contributed by atoms with van der Waals surface area (Å²) in [6, 6.07) is 14.3. The number of aromatic amines is 2. The van der Waals surface area contributed by atoms with Crippen molar-refractivity contribution in [1.29, 1.82) is 0 Å². The summed E-state index contributed by atoms with van der Waals surface area (Å²) >= 11 is 0. The van der Waals surface area contributed by atoms with Crippen LogP contribution >= 0.6 is 0 Å². The summed E-state index contributed by atoms with van der Waals surface area (Å²) in [6.07, 6.45) is 5.88. The maximum atomic E-state index is 4.94. The molecule has 0 unspecified atom stereocenters. The molecule has 0 aliphatic heterocycles. The highest BCUT2D eigenvalue weighted by atomic mass is 15.1. The Balaban J connectivity index is 1.74. The summed E-state index contributed by atoms with van der Waals surface area (Å²) in [7, 11) is 0. The fraction of sp³-hybridized carbons (Fsp3) is 0.154. The Morgan fingerprint density at radius 1 is 1.13 bits per heavy atom. The van der Waals surface area contributed by atoms with Crippen molar-refractivity contribution in [3.8, 4) is 11.4 Å². The molecule has 156 valence electrons. The summed E-state index contributed by atoms with van der Waals surface area (Å²) in [6.45, 7) is 14.2. The zero-order chi connectivity index (χ0) is 22.0. The fourth-order valence-corrected chi connectivity index (χ4v) is 3.40. The van der Waals surface area contributed by atoms with Gasteiger partial charge in [0, 0.05) is 22.3 Å². The third kappa shape index (κ3) is 4.08. The first-order valence-electron chi connectivity index (χ1n) is 10.4. The Labute approximate surface area is 182 Å². The minimum atomic E-state index is 0.330. The fourth-order valence-electron chi connectivity index (χ4n) is 3.40. The van der Waals surface area contributed by atoms with Gasteiger partial charge in [-0.25, -0.2) is 4.98 Å². The van der Waals surface area contributed by atoms with Gasteiger partial charge in [-0.1, -0.05) is 51.3 Å². The lowest BCUT2D eigenvalue weighted by Gasteiger charge is -2.14. The van der Waals surface area contributed by atoms with E-state index >= 15 is 0 Å². The van der Waals surface area contributed by atoms with Gasteiger partial charge in [-0.15, -0.1) is 0 Å². The van der Waals surface area contributed by atoms with Gasteiger partial charge in [-0.2, -0.15) is 5.10 Å². The molecule has 0 spiro atoms. The van der Waals surface area contributed by atoms with E-state index in [-0.39, 0.29) is 0 Å². The van der Waals surface area contributed by atoms with Crippen molar-refractivity contribution in [2.45, 2.75) is 20.8 Å². The Bertz CT molecular complexity index is 1300. The molecule has 0 aliphatic carbocycles. The number of pyridine rings is 1. The van der Waals surface area contributed by atoms with Crippen LogP contribution in [-0.4, -0.2) is 20.2 Å². The third-order valence-corrected chi connectivity index (χ3v) is 5.33. The third-order valence-electron chi connectivity index (χ3n) is 5.33. The monoisotopic (exact) mass is 409 g/mol. The first kappa shape index (κ1) is 20.4. The highest BCUT2D eigenvalue weighted by molar-refractivity contribution is 5.94. The van der Waals surface area contributed by atoms with E-state index in [0.717, 1.165) is 56.0 Å². The zero-order valence-electron chi connectivity index (χ0n) is 18.2. The zero-order valence-corrected chi connectivity index (χ0v) is 18.2. The molecule has 4 aromatic rings. The molecule has 3 heterocycles. The molecular formula is C26H27N5. The van der Waals surface area contributed by atoms with Gasteiger partial charge >= 0.3 is 0 Å². The van der Waals surface area contributed by atoms with Crippen LogP contribution in [0.1, 0.15) is 26.5 Å². The summed E-state index contributed by atoms with van der Waals surface area (Å²) in [5.41, 5.74) is 8.24. The summed E-state index contributed by atoms with van der Waals surface area (Å²) in [5, 5.41) is 12.1. The second-order valence-electron chi connectivity index (χ2n) is 7.79. The second kappa shape index (κ2) is 8.48. The molecule has 0 bridgehead atoms. The van der Waals surface area contributed by atoms with E-state index in [1.807, 2.05) is 43.3 Å². The molecule has 0 radical (unpaired) electrons. The second-order valence-corrected chi connectivity index (χ2v) is 7.79. The number of nitrogens with zero attached hydrogens (tertiary/aromatic N) is 2. The van der Waals surface area contributed by atoms with Gasteiger partial charge in [-0.05, 0) is 54.8 Å². The van der Waals surface area contributed by atoms with E-state index in [9.17, 15) is 0 Å². The van der Waals surface area contributed by atoms with E-state index in [1.165, 1.54) is 0 Å². The van der Waals surface area contributed by atoms with Crippen LogP contribution in [0.5, 0.6) is 0 Å². The van der Waals surface area contributed by atoms with Crippen LogP contribution in [0.2, 0.25) is 0 Å². The molecule has 0 aliphatic rings. The van der Waals surface area contributed by atoms with Crippen molar-refractivity contribution in [1.82, 2.24) is 25.5 Å². The van der Waals surface area contributed by atoms with Gasteiger partial charge in [0.05, 0.1) is 16.9 Å². The van der Waals surface area contributed by atoms with Crippen molar-refractivity contribution in [3.63, 3.8) is 0 Å². The smallest absolute Gasteiger partial charge is 0.135 e. The molecule has 0 saturated heterocycles. The largest absolute Gasteiger partial charge is 0.359 e. The molecule has 0 saturated carbocycles. The number of fused-ring (bicyclic) bond motifs is 2. The first-order valence-corrected chi connectivity index (χ1v) is 10.4. The quantitative estimate of drug-likeness (QED) is 0.312. The molecule has 5 nitrogen and oxygen atoms in total. The number of benzene rings is 1.